The van der Waals surface area contributed by atoms with Crippen LogP contribution in [0.25, 0.3) is 0 Å². The number of hydrogen-bond donors (Lipinski definition) is 1. The molecule has 0 aliphatic carbocycles. The Hall–Kier alpha value is -1.20. The molecule has 0 spiro atoms. The van der Waals surface area contributed by atoms with E-state index in [2.05, 4.69) is 37.2 Å². The van der Waals surface area contributed by atoms with Crippen molar-refractivity contribution in [3.05, 3.63) is 23.7 Å². The predicted molar refractivity (Wildman–Crippen MR) is 71.8 cm³/mol. The maximum absolute atomic E-state index is 5.81. The molecule has 1 aromatic rings. The number of terminal acetylenes is 1. The van der Waals surface area contributed by atoms with Crippen molar-refractivity contribution >= 4 is 0 Å². The van der Waals surface area contributed by atoms with Gasteiger partial charge in [0.05, 0.1) is 6.04 Å². The molecule has 1 rings (SSSR count). The molecule has 2 nitrogen and oxygen atoms in total. The summed E-state index contributed by atoms with van der Waals surface area (Å²) in [7, 11) is 0. The Labute approximate surface area is 105 Å². The van der Waals surface area contributed by atoms with E-state index in [9.17, 15) is 0 Å². The number of unbranched alkanes of at least 4 members (excludes halogenated alkanes) is 1. The molecule has 1 heterocycles. The number of nitrogens with one attached hydrogen (secondary N) is 1. The second-order valence-corrected chi connectivity index (χ2v) is 4.26. The summed E-state index contributed by atoms with van der Waals surface area (Å²) in [6.07, 6.45) is 10.3. The van der Waals surface area contributed by atoms with Crippen LogP contribution in [0.3, 0.4) is 0 Å². The molecule has 0 bridgehead atoms. The first-order valence-corrected chi connectivity index (χ1v) is 6.57. The van der Waals surface area contributed by atoms with E-state index >= 15 is 0 Å². The van der Waals surface area contributed by atoms with Gasteiger partial charge in [-0.05, 0) is 37.9 Å². The molecule has 0 amide bonds. The summed E-state index contributed by atoms with van der Waals surface area (Å²) in [5.74, 6) is 4.79. The lowest BCUT2D eigenvalue weighted by Gasteiger charge is -2.15. The van der Waals surface area contributed by atoms with Gasteiger partial charge in [0.1, 0.15) is 11.5 Å². The van der Waals surface area contributed by atoms with Crippen molar-refractivity contribution in [2.45, 2.75) is 52.0 Å². The smallest absolute Gasteiger partial charge is 0.121 e. The summed E-state index contributed by atoms with van der Waals surface area (Å²) in [6.45, 7) is 5.30. The van der Waals surface area contributed by atoms with Gasteiger partial charge in [-0.15, -0.1) is 12.3 Å². The molecule has 0 saturated heterocycles. The fraction of sp³-hybridized carbons (Fsp3) is 0.600. The maximum Gasteiger partial charge on any atom is 0.121 e. The molecule has 1 unspecified atom stereocenters. The Kier molecular flexibility index (Phi) is 6.50. The van der Waals surface area contributed by atoms with Crippen LogP contribution in [0.1, 0.15) is 57.1 Å². The summed E-state index contributed by atoms with van der Waals surface area (Å²) in [4.78, 5) is 0. The lowest BCUT2D eigenvalue weighted by atomic mass is 10.1. The molecule has 1 aromatic heterocycles. The molecule has 2 heteroatoms. The van der Waals surface area contributed by atoms with Crippen LogP contribution in [0.5, 0.6) is 0 Å². The zero-order valence-electron chi connectivity index (χ0n) is 11.0. The number of rotatable bonds is 8. The van der Waals surface area contributed by atoms with E-state index in [-0.39, 0.29) is 0 Å². The lowest BCUT2D eigenvalue weighted by molar-refractivity contribution is 0.376. The van der Waals surface area contributed by atoms with Gasteiger partial charge >= 0.3 is 0 Å². The van der Waals surface area contributed by atoms with Crippen molar-refractivity contribution in [2.75, 3.05) is 6.54 Å². The van der Waals surface area contributed by atoms with E-state index in [1.807, 2.05) is 0 Å². The summed E-state index contributed by atoms with van der Waals surface area (Å²) >= 11 is 0. The number of furan rings is 1. The van der Waals surface area contributed by atoms with E-state index in [0.717, 1.165) is 50.2 Å². The topological polar surface area (TPSA) is 25.2 Å². The van der Waals surface area contributed by atoms with E-state index in [0.29, 0.717) is 6.04 Å². The summed E-state index contributed by atoms with van der Waals surface area (Å²) in [6, 6.07) is 4.46. The second-order valence-electron chi connectivity index (χ2n) is 4.26. The average molecular weight is 233 g/mol. The van der Waals surface area contributed by atoms with Gasteiger partial charge < -0.3 is 9.73 Å². The average Bonchev–Trinajstić information content (AvgIpc) is 2.82. The Morgan fingerprint density at radius 3 is 2.82 bits per heavy atom. The minimum absolute atomic E-state index is 0.309. The van der Waals surface area contributed by atoms with Gasteiger partial charge in [0.15, 0.2) is 0 Å². The minimum Gasteiger partial charge on any atom is -0.464 e. The van der Waals surface area contributed by atoms with Crippen LogP contribution in [0.4, 0.5) is 0 Å². The minimum atomic E-state index is 0.309. The Morgan fingerprint density at radius 2 is 2.24 bits per heavy atom. The highest BCUT2D eigenvalue weighted by atomic mass is 16.3. The quantitative estimate of drug-likeness (QED) is 0.547. The van der Waals surface area contributed by atoms with Crippen molar-refractivity contribution in [2.24, 2.45) is 0 Å². The summed E-state index contributed by atoms with van der Waals surface area (Å²) in [5.41, 5.74) is 0. The zero-order chi connectivity index (χ0) is 12.5. The number of hydrogen-bond acceptors (Lipinski definition) is 2. The van der Waals surface area contributed by atoms with Crippen LogP contribution in [0, 0.1) is 12.3 Å². The molecule has 0 aromatic carbocycles. The highest BCUT2D eigenvalue weighted by Gasteiger charge is 2.13. The molecular weight excluding hydrogens is 210 g/mol. The third-order valence-electron chi connectivity index (χ3n) is 2.83. The molecule has 0 radical (unpaired) electrons. The molecule has 17 heavy (non-hydrogen) atoms. The van der Waals surface area contributed by atoms with Crippen molar-refractivity contribution < 1.29 is 4.42 Å². The fourth-order valence-electron chi connectivity index (χ4n) is 1.84. The normalized spacial score (nSPS) is 12.3. The van der Waals surface area contributed by atoms with Gasteiger partial charge in [0, 0.05) is 12.8 Å². The maximum atomic E-state index is 5.81. The molecule has 0 aliphatic rings. The van der Waals surface area contributed by atoms with Crippen molar-refractivity contribution in [1.82, 2.24) is 5.32 Å². The van der Waals surface area contributed by atoms with Gasteiger partial charge in [-0.3, -0.25) is 0 Å². The highest BCUT2D eigenvalue weighted by molar-refractivity contribution is 5.11. The first-order valence-electron chi connectivity index (χ1n) is 6.57. The standard InChI is InChI=1S/C15H23NO/c1-4-7-8-9-14(16-12-5-2)15-11-10-13(6-3)17-15/h1,10-11,14,16H,5-9,12H2,2-3H3. The van der Waals surface area contributed by atoms with Crippen LogP contribution >= 0.6 is 0 Å². The Bertz CT molecular complexity index is 348. The van der Waals surface area contributed by atoms with E-state index in [4.69, 9.17) is 10.8 Å². The van der Waals surface area contributed by atoms with Crippen LogP contribution in [-0.4, -0.2) is 6.54 Å². The van der Waals surface area contributed by atoms with Gasteiger partial charge in [-0.1, -0.05) is 13.8 Å². The largest absolute Gasteiger partial charge is 0.464 e. The second kappa shape index (κ2) is 7.97. The van der Waals surface area contributed by atoms with E-state index in [1.54, 1.807) is 0 Å². The Morgan fingerprint density at radius 1 is 1.41 bits per heavy atom. The van der Waals surface area contributed by atoms with Crippen LogP contribution in [0.2, 0.25) is 0 Å². The van der Waals surface area contributed by atoms with Crippen molar-refractivity contribution in [3.8, 4) is 12.3 Å². The lowest BCUT2D eigenvalue weighted by Crippen LogP contribution is -2.21. The predicted octanol–water partition coefficient (Wildman–Crippen LogP) is 3.69. The van der Waals surface area contributed by atoms with E-state index < -0.39 is 0 Å². The first-order chi connectivity index (χ1) is 8.31. The van der Waals surface area contributed by atoms with Crippen LogP contribution in [0.15, 0.2) is 16.5 Å². The molecule has 0 aliphatic heterocycles. The molecular formula is C15H23NO. The SMILES string of the molecule is C#CCCCC(NCCC)c1ccc(CC)o1. The molecule has 0 fully saturated rings. The van der Waals surface area contributed by atoms with Gasteiger partial charge in [0.25, 0.3) is 0 Å². The molecule has 94 valence electrons. The Balaban J connectivity index is 2.57. The summed E-state index contributed by atoms with van der Waals surface area (Å²) < 4.78 is 5.81. The van der Waals surface area contributed by atoms with E-state index in [1.165, 1.54) is 0 Å². The molecule has 0 saturated carbocycles. The molecule has 1 atom stereocenters. The summed E-state index contributed by atoms with van der Waals surface area (Å²) in [5, 5.41) is 3.52. The van der Waals surface area contributed by atoms with Crippen molar-refractivity contribution in [1.29, 1.82) is 0 Å². The van der Waals surface area contributed by atoms with Gasteiger partial charge in [-0.2, -0.15) is 0 Å². The van der Waals surface area contributed by atoms with Gasteiger partial charge in [0.2, 0.25) is 0 Å². The van der Waals surface area contributed by atoms with Crippen LogP contribution in [-0.2, 0) is 6.42 Å². The zero-order valence-corrected chi connectivity index (χ0v) is 11.0. The highest BCUT2D eigenvalue weighted by Crippen LogP contribution is 2.22. The molecule has 1 N–H and O–H groups in total. The first kappa shape index (κ1) is 13.9. The van der Waals surface area contributed by atoms with Crippen molar-refractivity contribution in [3.63, 3.8) is 0 Å². The van der Waals surface area contributed by atoms with Gasteiger partial charge in [-0.25, -0.2) is 0 Å². The van der Waals surface area contributed by atoms with Crippen LogP contribution < -0.4 is 5.32 Å². The monoisotopic (exact) mass is 233 g/mol. The third kappa shape index (κ3) is 4.66. The number of aryl methyl sites for hydroxylation is 1. The fourth-order valence-corrected chi connectivity index (χ4v) is 1.84. The third-order valence-corrected chi connectivity index (χ3v) is 2.83.